The second-order valence-corrected chi connectivity index (χ2v) is 6.40. The summed E-state index contributed by atoms with van der Waals surface area (Å²) in [4.78, 5) is 1.36. The summed E-state index contributed by atoms with van der Waals surface area (Å²) in [6.45, 7) is 4.30. The number of likely N-dealkylation sites (N-methyl/N-ethyl adjacent to an activating group) is 1. The van der Waals surface area contributed by atoms with Crippen molar-refractivity contribution in [1.29, 1.82) is 0 Å². The summed E-state index contributed by atoms with van der Waals surface area (Å²) in [6.07, 6.45) is 1.08. The normalized spacial score (nSPS) is 12.3. The van der Waals surface area contributed by atoms with Crippen molar-refractivity contribution in [3.63, 3.8) is 0 Å². The summed E-state index contributed by atoms with van der Waals surface area (Å²) in [5, 5.41) is 3.43. The van der Waals surface area contributed by atoms with Crippen molar-refractivity contribution in [2.75, 3.05) is 12.8 Å². The lowest BCUT2D eigenvalue weighted by Crippen LogP contribution is -2.30. The summed E-state index contributed by atoms with van der Waals surface area (Å²) in [7, 11) is 2.05. The fourth-order valence-electron chi connectivity index (χ4n) is 2.27. The Morgan fingerprint density at radius 3 is 2.35 bits per heavy atom. The zero-order chi connectivity index (χ0) is 14.4. The molecule has 0 fully saturated rings. The number of aryl methyl sites for hydroxylation is 2. The van der Waals surface area contributed by atoms with Gasteiger partial charge in [-0.15, -0.1) is 11.8 Å². The zero-order valence-corrected chi connectivity index (χ0v) is 13.3. The van der Waals surface area contributed by atoms with E-state index in [1.807, 2.05) is 11.8 Å². The lowest BCUT2D eigenvalue weighted by molar-refractivity contribution is 0.617. The Kier molecular flexibility index (Phi) is 5.69. The summed E-state index contributed by atoms with van der Waals surface area (Å²) >= 11 is 1.93. The van der Waals surface area contributed by atoms with Gasteiger partial charge in [0.15, 0.2) is 0 Å². The Labute approximate surface area is 126 Å². The quantitative estimate of drug-likeness (QED) is 0.797. The molecule has 1 atom stereocenters. The Hall–Kier alpha value is -1.25. The van der Waals surface area contributed by atoms with E-state index in [0.29, 0.717) is 6.04 Å². The Morgan fingerprint density at radius 2 is 1.70 bits per heavy atom. The molecule has 2 rings (SSSR count). The van der Waals surface area contributed by atoms with E-state index in [4.69, 9.17) is 0 Å². The van der Waals surface area contributed by atoms with Crippen LogP contribution in [0, 0.1) is 13.8 Å². The number of thioether (sulfide) groups is 1. The smallest absolute Gasteiger partial charge is 0.0199 e. The third kappa shape index (κ3) is 4.69. The third-order valence-corrected chi connectivity index (χ3v) is 4.57. The Balaban J connectivity index is 1.92. The highest BCUT2D eigenvalue weighted by Crippen LogP contribution is 2.21. The second-order valence-electron chi connectivity index (χ2n) is 5.31. The first kappa shape index (κ1) is 15.1. The highest BCUT2D eigenvalue weighted by atomic mass is 32.2. The SMILES string of the molecule is CNC(CSc1cccc(C)c1)Cc1cccc(C)c1. The second kappa shape index (κ2) is 7.51. The molecule has 0 aliphatic heterocycles. The van der Waals surface area contributed by atoms with E-state index in [1.54, 1.807) is 0 Å². The molecule has 2 aromatic rings. The van der Waals surface area contributed by atoms with Gasteiger partial charge in [0.1, 0.15) is 0 Å². The van der Waals surface area contributed by atoms with Crippen molar-refractivity contribution >= 4 is 11.8 Å². The van der Waals surface area contributed by atoms with Crippen LogP contribution in [0.25, 0.3) is 0 Å². The van der Waals surface area contributed by atoms with E-state index in [2.05, 4.69) is 74.7 Å². The van der Waals surface area contributed by atoms with Crippen LogP contribution >= 0.6 is 11.8 Å². The van der Waals surface area contributed by atoms with E-state index in [0.717, 1.165) is 12.2 Å². The number of rotatable bonds is 6. The van der Waals surface area contributed by atoms with Crippen molar-refractivity contribution in [2.24, 2.45) is 0 Å². The lowest BCUT2D eigenvalue weighted by Gasteiger charge is -2.16. The molecular weight excluding hydrogens is 262 g/mol. The first-order chi connectivity index (χ1) is 9.67. The first-order valence-corrected chi connectivity index (χ1v) is 8.08. The Morgan fingerprint density at radius 1 is 1.00 bits per heavy atom. The molecule has 2 aromatic carbocycles. The fourth-order valence-corrected chi connectivity index (χ4v) is 3.39. The topological polar surface area (TPSA) is 12.0 Å². The van der Waals surface area contributed by atoms with Crippen LogP contribution in [-0.2, 0) is 6.42 Å². The van der Waals surface area contributed by atoms with E-state index < -0.39 is 0 Å². The molecule has 20 heavy (non-hydrogen) atoms. The monoisotopic (exact) mass is 285 g/mol. The maximum atomic E-state index is 3.43. The van der Waals surface area contributed by atoms with Crippen LogP contribution in [0.2, 0.25) is 0 Å². The number of benzene rings is 2. The summed E-state index contributed by atoms with van der Waals surface area (Å²) < 4.78 is 0. The van der Waals surface area contributed by atoms with Crippen LogP contribution in [0.3, 0.4) is 0 Å². The average Bonchev–Trinajstić information content (AvgIpc) is 2.43. The molecule has 0 heterocycles. The van der Waals surface area contributed by atoms with Gasteiger partial charge in [-0.2, -0.15) is 0 Å². The van der Waals surface area contributed by atoms with Crippen molar-refractivity contribution in [3.05, 3.63) is 65.2 Å². The minimum Gasteiger partial charge on any atom is -0.316 e. The molecule has 0 radical (unpaired) electrons. The van der Waals surface area contributed by atoms with Crippen molar-refractivity contribution in [3.8, 4) is 0 Å². The number of hydrogen-bond donors (Lipinski definition) is 1. The number of nitrogens with one attached hydrogen (secondary N) is 1. The van der Waals surface area contributed by atoms with Crippen LogP contribution in [-0.4, -0.2) is 18.8 Å². The maximum Gasteiger partial charge on any atom is 0.0199 e. The molecule has 2 heteroatoms. The summed E-state index contributed by atoms with van der Waals surface area (Å²) in [5.41, 5.74) is 4.08. The highest BCUT2D eigenvalue weighted by Gasteiger charge is 2.08. The van der Waals surface area contributed by atoms with E-state index in [-0.39, 0.29) is 0 Å². The molecule has 0 aromatic heterocycles. The molecule has 0 saturated carbocycles. The van der Waals surface area contributed by atoms with Crippen molar-refractivity contribution in [1.82, 2.24) is 5.32 Å². The van der Waals surface area contributed by atoms with Crippen LogP contribution in [0.15, 0.2) is 53.4 Å². The van der Waals surface area contributed by atoms with Gasteiger partial charge < -0.3 is 5.32 Å². The molecule has 0 saturated heterocycles. The van der Waals surface area contributed by atoms with Gasteiger partial charge in [0.05, 0.1) is 0 Å². The minimum absolute atomic E-state index is 0.502. The van der Waals surface area contributed by atoms with Gasteiger partial charge in [-0.05, 0) is 45.0 Å². The molecule has 0 aliphatic carbocycles. The van der Waals surface area contributed by atoms with Gasteiger partial charge in [-0.1, -0.05) is 47.5 Å². The van der Waals surface area contributed by atoms with Gasteiger partial charge in [-0.25, -0.2) is 0 Å². The minimum atomic E-state index is 0.502. The number of hydrogen-bond acceptors (Lipinski definition) is 2. The van der Waals surface area contributed by atoms with Crippen molar-refractivity contribution < 1.29 is 0 Å². The molecule has 1 N–H and O–H groups in total. The first-order valence-electron chi connectivity index (χ1n) is 7.09. The van der Waals surface area contributed by atoms with Crippen LogP contribution < -0.4 is 5.32 Å². The molecule has 106 valence electrons. The van der Waals surface area contributed by atoms with Gasteiger partial charge in [0.2, 0.25) is 0 Å². The van der Waals surface area contributed by atoms with Gasteiger partial charge in [0, 0.05) is 16.7 Å². The largest absolute Gasteiger partial charge is 0.316 e. The van der Waals surface area contributed by atoms with E-state index in [9.17, 15) is 0 Å². The van der Waals surface area contributed by atoms with Crippen LogP contribution in [0.4, 0.5) is 0 Å². The molecule has 0 amide bonds. The molecule has 0 bridgehead atoms. The molecule has 1 unspecified atom stereocenters. The standard InChI is InChI=1S/C18H23NS/c1-14-6-4-8-16(10-14)12-17(19-3)13-20-18-9-5-7-15(2)11-18/h4-11,17,19H,12-13H2,1-3H3. The molecule has 0 spiro atoms. The molecular formula is C18H23NS. The van der Waals surface area contributed by atoms with E-state index in [1.165, 1.54) is 21.6 Å². The van der Waals surface area contributed by atoms with E-state index >= 15 is 0 Å². The predicted octanol–water partition coefficient (Wildman–Crippen LogP) is 4.23. The lowest BCUT2D eigenvalue weighted by atomic mass is 10.1. The van der Waals surface area contributed by atoms with Crippen molar-refractivity contribution in [2.45, 2.75) is 31.2 Å². The molecule has 0 aliphatic rings. The Bertz CT molecular complexity index is 551. The predicted molar refractivity (Wildman–Crippen MR) is 89.6 cm³/mol. The van der Waals surface area contributed by atoms with Gasteiger partial charge >= 0.3 is 0 Å². The fraction of sp³-hybridized carbons (Fsp3) is 0.333. The highest BCUT2D eigenvalue weighted by molar-refractivity contribution is 7.99. The summed E-state index contributed by atoms with van der Waals surface area (Å²) in [5.74, 6) is 1.09. The van der Waals surface area contributed by atoms with Gasteiger partial charge in [-0.3, -0.25) is 0 Å². The maximum absolute atomic E-state index is 3.43. The molecule has 1 nitrogen and oxygen atoms in total. The average molecular weight is 285 g/mol. The van der Waals surface area contributed by atoms with Crippen LogP contribution in [0.5, 0.6) is 0 Å². The zero-order valence-electron chi connectivity index (χ0n) is 12.5. The summed E-state index contributed by atoms with van der Waals surface area (Å²) in [6, 6.07) is 18.0. The van der Waals surface area contributed by atoms with Crippen LogP contribution in [0.1, 0.15) is 16.7 Å². The third-order valence-electron chi connectivity index (χ3n) is 3.41. The van der Waals surface area contributed by atoms with Gasteiger partial charge in [0.25, 0.3) is 0 Å².